The number of carbonyl (C=O) groups excluding carboxylic acids is 1. The average molecular weight is 301 g/mol. The molecule has 21 heavy (non-hydrogen) atoms. The van der Waals surface area contributed by atoms with E-state index in [-0.39, 0.29) is 5.56 Å². The molecule has 2 aromatic rings. The summed E-state index contributed by atoms with van der Waals surface area (Å²) in [5, 5.41) is 10.6. The van der Waals surface area contributed by atoms with Gasteiger partial charge >= 0.3 is 12.1 Å². The van der Waals surface area contributed by atoms with Crippen LogP contribution in [0.25, 0.3) is 11.0 Å². The monoisotopic (exact) mass is 301 g/mol. The van der Waals surface area contributed by atoms with Crippen LogP contribution >= 0.6 is 0 Å². The molecule has 1 heterocycles. The number of benzene rings is 1. The van der Waals surface area contributed by atoms with E-state index in [0.29, 0.717) is 17.9 Å². The van der Waals surface area contributed by atoms with Gasteiger partial charge in [0.05, 0.1) is 5.56 Å². The van der Waals surface area contributed by atoms with Crippen LogP contribution in [0.15, 0.2) is 34.9 Å². The topological polar surface area (TPSA) is 79.5 Å². The molecule has 0 radical (unpaired) electrons. The summed E-state index contributed by atoms with van der Waals surface area (Å²) in [7, 11) is 0. The second-order valence-corrected chi connectivity index (χ2v) is 4.53. The fraction of sp³-hybridized carbons (Fsp3) is 0.231. The first-order chi connectivity index (χ1) is 9.67. The molecule has 0 aliphatic rings. The lowest BCUT2D eigenvalue weighted by molar-refractivity contribution is -0.203. The van der Waals surface area contributed by atoms with Crippen LogP contribution < -0.4 is 5.32 Å². The van der Waals surface area contributed by atoms with E-state index in [2.05, 4.69) is 0 Å². The van der Waals surface area contributed by atoms with Gasteiger partial charge in [-0.1, -0.05) is 18.2 Å². The van der Waals surface area contributed by atoms with Gasteiger partial charge in [0.25, 0.3) is 5.91 Å². The minimum absolute atomic E-state index is 0.165. The van der Waals surface area contributed by atoms with Crippen molar-refractivity contribution in [3.63, 3.8) is 0 Å². The van der Waals surface area contributed by atoms with Crippen molar-refractivity contribution in [1.82, 2.24) is 5.32 Å². The van der Waals surface area contributed by atoms with Crippen molar-refractivity contribution < 1.29 is 32.3 Å². The average Bonchev–Trinajstić information content (AvgIpc) is 2.80. The summed E-state index contributed by atoms with van der Waals surface area (Å²) in [6.07, 6.45) is -4.16. The first kappa shape index (κ1) is 14.9. The number of fused-ring (bicyclic) bond motifs is 1. The Hall–Kier alpha value is -2.51. The highest BCUT2D eigenvalue weighted by Gasteiger charge is 2.58. The third-order valence-electron chi connectivity index (χ3n) is 3.08. The van der Waals surface area contributed by atoms with E-state index in [1.54, 1.807) is 12.1 Å². The van der Waals surface area contributed by atoms with Crippen molar-refractivity contribution in [2.24, 2.45) is 0 Å². The van der Waals surface area contributed by atoms with E-state index in [1.165, 1.54) is 17.4 Å². The van der Waals surface area contributed by atoms with Crippen LogP contribution in [0.5, 0.6) is 0 Å². The quantitative estimate of drug-likeness (QED) is 0.913. The minimum atomic E-state index is -5.14. The van der Waals surface area contributed by atoms with Gasteiger partial charge in [-0.3, -0.25) is 4.79 Å². The molecule has 1 aromatic heterocycles. The zero-order chi connectivity index (χ0) is 15.8. The number of nitrogens with one attached hydrogen (secondary N) is 1. The molecule has 0 aliphatic carbocycles. The fourth-order valence-electron chi connectivity index (χ4n) is 1.69. The van der Waals surface area contributed by atoms with Gasteiger partial charge in [-0.25, -0.2) is 4.79 Å². The van der Waals surface area contributed by atoms with Gasteiger partial charge in [0.2, 0.25) is 5.54 Å². The maximum absolute atomic E-state index is 12.9. The molecule has 0 fully saturated rings. The SMILES string of the molecule is CC(NC(=O)c1coc2ccccc12)(C(=O)O)C(F)(F)F. The van der Waals surface area contributed by atoms with E-state index in [1.807, 2.05) is 0 Å². The molecular formula is C13H10F3NO4. The molecule has 1 aromatic carbocycles. The third-order valence-corrected chi connectivity index (χ3v) is 3.08. The van der Waals surface area contributed by atoms with Crippen LogP contribution in [0, 0.1) is 0 Å². The lowest BCUT2D eigenvalue weighted by Gasteiger charge is -2.28. The second-order valence-electron chi connectivity index (χ2n) is 4.53. The lowest BCUT2D eigenvalue weighted by Crippen LogP contribution is -2.61. The zero-order valence-corrected chi connectivity index (χ0v) is 10.7. The third kappa shape index (κ3) is 2.44. The Morgan fingerprint density at radius 2 is 1.86 bits per heavy atom. The van der Waals surface area contributed by atoms with Gasteiger partial charge in [-0.05, 0) is 13.0 Å². The lowest BCUT2D eigenvalue weighted by atomic mass is 10.0. The van der Waals surface area contributed by atoms with Crippen LogP contribution in [-0.4, -0.2) is 28.7 Å². The van der Waals surface area contributed by atoms with Gasteiger partial charge in [-0.2, -0.15) is 13.2 Å². The number of aliphatic carboxylic acids is 1. The second kappa shape index (κ2) is 4.80. The van der Waals surface area contributed by atoms with E-state index >= 15 is 0 Å². The molecule has 2 rings (SSSR count). The Morgan fingerprint density at radius 3 is 2.43 bits per heavy atom. The highest BCUT2D eigenvalue weighted by Crippen LogP contribution is 2.31. The van der Waals surface area contributed by atoms with Crippen molar-refractivity contribution in [1.29, 1.82) is 0 Å². The molecule has 5 nitrogen and oxygen atoms in total. The Bertz CT molecular complexity index is 707. The van der Waals surface area contributed by atoms with E-state index in [0.717, 1.165) is 6.26 Å². The summed E-state index contributed by atoms with van der Waals surface area (Å²) in [6, 6.07) is 6.23. The standard InChI is InChI=1S/C13H10F3NO4/c1-12(11(19)20,13(14,15)16)17-10(18)8-6-21-9-5-3-2-4-7(8)9/h2-6H,1H3,(H,17,18)(H,19,20). The van der Waals surface area contributed by atoms with Crippen LogP contribution in [0.2, 0.25) is 0 Å². The molecule has 1 atom stereocenters. The smallest absolute Gasteiger partial charge is 0.422 e. The Kier molecular flexibility index (Phi) is 3.40. The van der Waals surface area contributed by atoms with Gasteiger partial charge in [0.1, 0.15) is 11.8 Å². The predicted molar refractivity (Wildman–Crippen MR) is 65.8 cm³/mol. The van der Waals surface area contributed by atoms with Crippen LogP contribution in [0.1, 0.15) is 17.3 Å². The van der Waals surface area contributed by atoms with Crippen LogP contribution in [-0.2, 0) is 4.79 Å². The highest BCUT2D eigenvalue weighted by molar-refractivity contribution is 6.07. The number of para-hydroxylation sites is 1. The molecule has 1 unspecified atom stereocenters. The summed E-state index contributed by atoms with van der Waals surface area (Å²) in [5.41, 5.74) is -3.24. The van der Waals surface area contributed by atoms with Crippen molar-refractivity contribution in [2.45, 2.75) is 18.6 Å². The van der Waals surface area contributed by atoms with Gasteiger partial charge < -0.3 is 14.8 Å². The largest absolute Gasteiger partial charge is 0.479 e. The molecular weight excluding hydrogens is 291 g/mol. The van der Waals surface area contributed by atoms with E-state index in [4.69, 9.17) is 9.52 Å². The maximum atomic E-state index is 12.9. The highest BCUT2D eigenvalue weighted by atomic mass is 19.4. The first-order valence-corrected chi connectivity index (χ1v) is 5.75. The molecule has 112 valence electrons. The Labute approximate surface area is 116 Å². The zero-order valence-electron chi connectivity index (χ0n) is 10.7. The van der Waals surface area contributed by atoms with Crippen molar-refractivity contribution in [2.75, 3.05) is 0 Å². The molecule has 0 saturated carbocycles. The number of hydrogen-bond acceptors (Lipinski definition) is 3. The number of carboxylic acid groups (broad SMARTS) is 1. The summed E-state index contributed by atoms with van der Waals surface area (Å²) in [4.78, 5) is 22.8. The summed E-state index contributed by atoms with van der Waals surface area (Å²) >= 11 is 0. The van der Waals surface area contributed by atoms with Crippen LogP contribution in [0.3, 0.4) is 0 Å². The summed E-state index contributed by atoms with van der Waals surface area (Å²) in [5.74, 6) is -3.38. The Balaban J connectivity index is 2.39. The Morgan fingerprint density at radius 1 is 1.24 bits per heavy atom. The van der Waals surface area contributed by atoms with E-state index < -0.39 is 23.6 Å². The molecule has 0 saturated heterocycles. The molecule has 1 amide bonds. The summed E-state index contributed by atoms with van der Waals surface area (Å²) < 4.78 is 43.6. The van der Waals surface area contributed by atoms with Crippen molar-refractivity contribution >= 4 is 22.8 Å². The molecule has 8 heteroatoms. The number of carbonyl (C=O) groups is 2. The molecule has 2 N–H and O–H groups in total. The predicted octanol–water partition coefficient (Wildman–Crippen LogP) is 2.57. The van der Waals surface area contributed by atoms with Crippen molar-refractivity contribution in [3.05, 3.63) is 36.1 Å². The number of halogens is 3. The first-order valence-electron chi connectivity index (χ1n) is 5.75. The molecule has 0 aliphatic heterocycles. The number of rotatable bonds is 3. The molecule has 0 spiro atoms. The number of alkyl halides is 3. The number of amides is 1. The number of carboxylic acids is 1. The number of furan rings is 1. The summed E-state index contributed by atoms with van der Waals surface area (Å²) in [6.45, 7) is 0.384. The van der Waals surface area contributed by atoms with Gasteiger partial charge in [-0.15, -0.1) is 0 Å². The van der Waals surface area contributed by atoms with Gasteiger partial charge in [0, 0.05) is 5.39 Å². The van der Waals surface area contributed by atoms with Crippen molar-refractivity contribution in [3.8, 4) is 0 Å². The van der Waals surface area contributed by atoms with Gasteiger partial charge in [0.15, 0.2) is 0 Å². The maximum Gasteiger partial charge on any atom is 0.422 e. The molecule has 0 bridgehead atoms. The van der Waals surface area contributed by atoms with Crippen LogP contribution in [0.4, 0.5) is 13.2 Å². The minimum Gasteiger partial charge on any atom is -0.479 e. The normalized spacial score (nSPS) is 14.7. The fourth-order valence-corrected chi connectivity index (χ4v) is 1.69. The number of hydrogen-bond donors (Lipinski definition) is 2. The van der Waals surface area contributed by atoms with E-state index in [9.17, 15) is 22.8 Å².